The number of aliphatic hydroxyl groups excluding tert-OH is 1. The minimum atomic E-state index is -0.224. The van der Waals surface area contributed by atoms with Gasteiger partial charge in [-0.2, -0.15) is 0 Å². The molecule has 1 N–H and O–H groups in total. The molecule has 0 heterocycles. The second kappa shape index (κ2) is 5.69. The molecule has 3 unspecified atom stereocenters. The summed E-state index contributed by atoms with van der Waals surface area (Å²) in [5, 5.41) is 10.1. The molecule has 0 spiro atoms. The van der Waals surface area contributed by atoms with E-state index >= 15 is 0 Å². The number of fused-ring (bicyclic) bond motifs is 5. The molecule has 4 aliphatic rings. The molecule has 3 saturated carbocycles. The number of aldehydes is 1. The highest BCUT2D eigenvalue weighted by Crippen LogP contribution is 2.67. The molecule has 4 rings (SSSR count). The van der Waals surface area contributed by atoms with E-state index in [0.29, 0.717) is 17.3 Å². The summed E-state index contributed by atoms with van der Waals surface area (Å²) in [7, 11) is 0. The van der Waals surface area contributed by atoms with Crippen molar-refractivity contribution in [3.8, 4) is 0 Å². The van der Waals surface area contributed by atoms with Crippen LogP contribution < -0.4 is 0 Å². The van der Waals surface area contributed by atoms with Gasteiger partial charge >= 0.3 is 0 Å². The zero-order chi connectivity index (χ0) is 17.1. The number of carbonyl (C=O) groups excluding carboxylic acids is 1. The Hall–Kier alpha value is -0.630. The Morgan fingerprint density at radius 1 is 1.12 bits per heavy atom. The maximum absolute atomic E-state index is 11.4. The molecule has 0 radical (unpaired) electrons. The summed E-state index contributed by atoms with van der Waals surface area (Å²) in [5.74, 6) is 3.89. The van der Waals surface area contributed by atoms with E-state index in [1.807, 2.05) is 0 Å². The van der Waals surface area contributed by atoms with Crippen molar-refractivity contribution in [3.05, 3.63) is 12.2 Å². The number of allylic oxidation sites excluding steroid dienone is 1. The zero-order valence-corrected chi connectivity index (χ0v) is 15.6. The molecular formula is C22H34O2. The smallest absolute Gasteiger partial charge is 0.123 e. The fraction of sp³-hybridized carbons (Fsp3) is 0.864. The van der Waals surface area contributed by atoms with Crippen LogP contribution in [0, 0.1) is 46.3 Å². The van der Waals surface area contributed by atoms with Gasteiger partial charge in [0.2, 0.25) is 0 Å². The second-order valence-corrected chi connectivity index (χ2v) is 9.90. The van der Waals surface area contributed by atoms with Gasteiger partial charge < -0.3 is 9.90 Å². The molecule has 9 atom stereocenters. The number of carbonyl (C=O) groups is 1. The zero-order valence-electron chi connectivity index (χ0n) is 15.6. The minimum Gasteiger partial charge on any atom is -0.389 e. The molecule has 0 aromatic heterocycles. The lowest BCUT2D eigenvalue weighted by molar-refractivity contribution is -0.117. The summed E-state index contributed by atoms with van der Waals surface area (Å²) in [4.78, 5) is 11.4. The molecule has 3 fully saturated rings. The van der Waals surface area contributed by atoms with Gasteiger partial charge in [-0.25, -0.2) is 0 Å². The van der Waals surface area contributed by atoms with Crippen molar-refractivity contribution in [1.29, 1.82) is 0 Å². The van der Waals surface area contributed by atoms with Crippen LogP contribution in [0.1, 0.15) is 65.7 Å². The number of hydrogen-bond donors (Lipinski definition) is 1. The molecule has 0 amide bonds. The fourth-order valence-electron chi connectivity index (χ4n) is 7.79. The third-order valence-corrected chi connectivity index (χ3v) is 9.09. The van der Waals surface area contributed by atoms with Crippen molar-refractivity contribution in [2.24, 2.45) is 46.3 Å². The van der Waals surface area contributed by atoms with Gasteiger partial charge in [-0.3, -0.25) is 0 Å². The Bertz CT molecular complexity index is 540. The Morgan fingerprint density at radius 3 is 2.67 bits per heavy atom. The molecule has 0 aromatic rings. The fourth-order valence-corrected chi connectivity index (χ4v) is 7.79. The average molecular weight is 331 g/mol. The predicted molar refractivity (Wildman–Crippen MR) is 96.4 cm³/mol. The largest absolute Gasteiger partial charge is 0.389 e. The highest BCUT2D eigenvalue weighted by atomic mass is 16.3. The predicted octanol–water partition coefficient (Wildman–Crippen LogP) is 4.62. The number of rotatable bonds is 2. The van der Waals surface area contributed by atoms with Crippen molar-refractivity contribution >= 4 is 6.29 Å². The van der Waals surface area contributed by atoms with Gasteiger partial charge in [-0.1, -0.05) is 32.9 Å². The monoisotopic (exact) mass is 330 g/mol. The maximum atomic E-state index is 11.4. The summed E-state index contributed by atoms with van der Waals surface area (Å²) >= 11 is 0. The molecule has 0 aromatic carbocycles. The lowest BCUT2D eigenvalue weighted by atomic mass is 9.45. The topological polar surface area (TPSA) is 37.3 Å². The van der Waals surface area contributed by atoms with Crippen LogP contribution in [0.3, 0.4) is 0 Å². The van der Waals surface area contributed by atoms with Crippen molar-refractivity contribution < 1.29 is 9.90 Å². The molecule has 2 nitrogen and oxygen atoms in total. The SMILES string of the molecule is CC(C=O)[C@H]1CC[C@H]2[C@@H]3CCC4CC(O)C=C[C@]4(C)[C@H]3CC[C@]12C. The van der Waals surface area contributed by atoms with E-state index < -0.39 is 0 Å². The Morgan fingerprint density at radius 2 is 1.92 bits per heavy atom. The van der Waals surface area contributed by atoms with Crippen LogP contribution in [0.15, 0.2) is 12.2 Å². The van der Waals surface area contributed by atoms with Crippen LogP contribution in [0.2, 0.25) is 0 Å². The van der Waals surface area contributed by atoms with Gasteiger partial charge in [-0.05, 0) is 85.4 Å². The van der Waals surface area contributed by atoms with E-state index in [4.69, 9.17) is 0 Å². The third kappa shape index (κ3) is 2.21. The van der Waals surface area contributed by atoms with E-state index in [0.717, 1.165) is 24.2 Å². The molecule has 134 valence electrons. The highest BCUT2D eigenvalue weighted by molar-refractivity contribution is 5.53. The van der Waals surface area contributed by atoms with E-state index in [-0.39, 0.29) is 17.4 Å². The maximum Gasteiger partial charge on any atom is 0.123 e. The molecule has 2 heteroatoms. The summed E-state index contributed by atoms with van der Waals surface area (Å²) in [6.45, 7) is 7.11. The lowest BCUT2D eigenvalue weighted by Crippen LogP contribution is -2.53. The molecule has 0 bridgehead atoms. The van der Waals surface area contributed by atoms with Gasteiger partial charge in [0.1, 0.15) is 6.29 Å². The Labute approximate surface area is 147 Å². The minimum absolute atomic E-state index is 0.216. The normalized spacial score (nSPS) is 54.5. The number of hydrogen-bond acceptors (Lipinski definition) is 2. The van der Waals surface area contributed by atoms with Crippen molar-refractivity contribution in [1.82, 2.24) is 0 Å². The quantitative estimate of drug-likeness (QED) is 0.592. The summed E-state index contributed by atoms with van der Waals surface area (Å²) < 4.78 is 0. The molecule has 0 aliphatic heterocycles. The Kier molecular flexibility index (Phi) is 3.99. The van der Waals surface area contributed by atoms with Gasteiger partial charge in [0.25, 0.3) is 0 Å². The molecule has 0 saturated heterocycles. The van der Waals surface area contributed by atoms with E-state index in [9.17, 15) is 9.90 Å². The van der Waals surface area contributed by atoms with Crippen LogP contribution in [0.4, 0.5) is 0 Å². The van der Waals surface area contributed by atoms with Crippen LogP contribution >= 0.6 is 0 Å². The average Bonchev–Trinajstić information content (AvgIpc) is 2.92. The second-order valence-electron chi connectivity index (χ2n) is 9.90. The van der Waals surface area contributed by atoms with Crippen LogP contribution in [0.25, 0.3) is 0 Å². The molecule has 4 aliphatic carbocycles. The van der Waals surface area contributed by atoms with Gasteiger partial charge in [0.05, 0.1) is 6.10 Å². The summed E-state index contributed by atoms with van der Waals surface area (Å²) in [6, 6.07) is 0. The molecule has 24 heavy (non-hydrogen) atoms. The number of aliphatic hydroxyl groups is 1. The summed E-state index contributed by atoms with van der Waals surface area (Å²) in [5.41, 5.74) is 0.667. The Balaban J connectivity index is 1.63. The highest BCUT2D eigenvalue weighted by Gasteiger charge is 2.59. The first kappa shape index (κ1) is 16.8. The van der Waals surface area contributed by atoms with Crippen molar-refractivity contribution in [2.45, 2.75) is 71.8 Å². The molecular weight excluding hydrogens is 296 g/mol. The van der Waals surface area contributed by atoms with Gasteiger partial charge in [-0.15, -0.1) is 0 Å². The first-order valence-corrected chi connectivity index (χ1v) is 10.2. The van der Waals surface area contributed by atoms with E-state index in [1.54, 1.807) is 0 Å². The van der Waals surface area contributed by atoms with E-state index in [1.165, 1.54) is 44.8 Å². The van der Waals surface area contributed by atoms with Crippen molar-refractivity contribution in [3.63, 3.8) is 0 Å². The van der Waals surface area contributed by atoms with Crippen LogP contribution in [0.5, 0.6) is 0 Å². The van der Waals surface area contributed by atoms with Crippen molar-refractivity contribution in [2.75, 3.05) is 0 Å². The van der Waals surface area contributed by atoms with Crippen LogP contribution in [-0.4, -0.2) is 17.5 Å². The lowest BCUT2D eigenvalue weighted by Gasteiger charge is -2.59. The first-order valence-electron chi connectivity index (χ1n) is 10.2. The van der Waals surface area contributed by atoms with Gasteiger partial charge in [0, 0.05) is 5.92 Å². The van der Waals surface area contributed by atoms with Gasteiger partial charge in [0.15, 0.2) is 0 Å². The summed E-state index contributed by atoms with van der Waals surface area (Å²) in [6.07, 6.45) is 14.2. The van der Waals surface area contributed by atoms with Crippen LogP contribution in [-0.2, 0) is 4.79 Å². The first-order chi connectivity index (χ1) is 11.4. The van der Waals surface area contributed by atoms with E-state index in [2.05, 4.69) is 32.9 Å². The third-order valence-electron chi connectivity index (χ3n) is 9.09. The standard InChI is InChI=1S/C22H34O2/c1-14(13-23)18-6-7-19-17-5-4-15-12-16(24)8-10-21(15,2)20(17)9-11-22(18,19)3/h8,10,13-20,24H,4-7,9,11-12H2,1-3H3/t14?,15?,16?,17-,18+,19-,20-,21-,22+/m0/s1.